The highest BCUT2D eigenvalue weighted by Gasteiger charge is 1.96. The van der Waals surface area contributed by atoms with Crippen molar-refractivity contribution < 1.29 is 5.11 Å². The summed E-state index contributed by atoms with van der Waals surface area (Å²) in [5.41, 5.74) is 1.85. The topological polar surface area (TPSA) is 32.8 Å². The van der Waals surface area contributed by atoms with E-state index in [2.05, 4.69) is 4.98 Å². The van der Waals surface area contributed by atoms with Crippen LogP contribution in [0.2, 0.25) is 0 Å². The molecule has 1 radical (unpaired) electrons. The third kappa shape index (κ3) is 1.68. The van der Waals surface area contributed by atoms with Crippen molar-refractivity contribution in [2.45, 2.75) is 6.42 Å². The Balaban J connectivity index is 2.49. The van der Waals surface area contributed by atoms with E-state index in [0.717, 1.165) is 16.6 Å². The standard InChI is InChI=1S/C11H10NO/c13-8-7-10-6-5-9-3-1-2-4-11(9)12-10/h1-6H,7-8H2. The minimum Gasteiger partial charge on any atom is -0.253 e. The second-order valence-electron chi connectivity index (χ2n) is 2.95. The molecule has 0 bridgehead atoms. The maximum absolute atomic E-state index is 10.4. The summed E-state index contributed by atoms with van der Waals surface area (Å²) in [6.45, 7) is -0.0919. The van der Waals surface area contributed by atoms with Gasteiger partial charge in [-0.05, 0) is 12.1 Å². The van der Waals surface area contributed by atoms with Gasteiger partial charge < -0.3 is 0 Å². The Hall–Kier alpha value is -1.41. The molecule has 0 atom stereocenters. The largest absolute Gasteiger partial charge is 0.253 e. The van der Waals surface area contributed by atoms with Crippen molar-refractivity contribution >= 4 is 10.9 Å². The van der Waals surface area contributed by atoms with Gasteiger partial charge in [-0.2, -0.15) is 0 Å². The van der Waals surface area contributed by atoms with Gasteiger partial charge in [0.1, 0.15) is 0 Å². The minimum absolute atomic E-state index is 0.0919. The molecular formula is C11H10NO. The van der Waals surface area contributed by atoms with Gasteiger partial charge in [-0.15, -0.1) is 0 Å². The highest BCUT2D eigenvalue weighted by Crippen LogP contribution is 2.11. The Morgan fingerprint density at radius 2 is 1.92 bits per heavy atom. The van der Waals surface area contributed by atoms with Crippen LogP contribution in [0.15, 0.2) is 36.4 Å². The van der Waals surface area contributed by atoms with Crippen LogP contribution in [0.5, 0.6) is 0 Å². The van der Waals surface area contributed by atoms with E-state index in [1.807, 2.05) is 36.4 Å². The van der Waals surface area contributed by atoms with Crippen molar-refractivity contribution in [1.29, 1.82) is 0 Å². The second-order valence-corrected chi connectivity index (χ2v) is 2.95. The van der Waals surface area contributed by atoms with E-state index in [9.17, 15) is 5.11 Å². The van der Waals surface area contributed by atoms with Gasteiger partial charge in [0.25, 0.3) is 0 Å². The van der Waals surface area contributed by atoms with E-state index in [-0.39, 0.29) is 6.61 Å². The molecule has 0 saturated carbocycles. The van der Waals surface area contributed by atoms with Crippen LogP contribution in [0.1, 0.15) is 5.69 Å². The number of para-hydroxylation sites is 1. The molecule has 2 heteroatoms. The highest BCUT2D eigenvalue weighted by molar-refractivity contribution is 5.78. The SMILES string of the molecule is [O]CCc1ccc2ccccc2n1. The average Bonchev–Trinajstić information content (AvgIpc) is 2.18. The number of fused-ring (bicyclic) bond motifs is 1. The van der Waals surface area contributed by atoms with Crippen molar-refractivity contribution in [2.24, 2.45) is 0 Å². The molecule has 2 rings (SSSR count). The smallest absolute Gasteiger partial charge is 0.0877 e. The van der Waals surface area contributed by atoms with E-state index >= 15 is 0 Å². The summed E-state index contributed by atoms with van der Waals surface area (Å²) < 4.78 is 0. The van der Waals surface area contributed by atoms with Gasteiger partial charge in [-0.25, -0.2) is 5.11 Å². The molecule has 65 valence electrons. The van der Waals surface area contributed by atoms with Gasteiger partial charge in [0.05, 0.1) is 12.1 Å². The van der Waals surface area contributed by atoms with Crippen LogP contribution in [-0.4, -0.2) is 11.6 Å². The lowest BCUT2D eigenvalue weighted by molar-refractivity contribution is 0.196. The number of rotatable bonds is 2. The van der Waals surface area contributed by atoms with Crippen molar-refractivity contribution in [3.8, 4) is 0 Å². The summed E-state index contributed by atoms with van der Waals surface area (Å²) in [7, 11) is 0. The van der Waals surface area contributed by atoms with Gasteiger partial charge in [-0.3, -0.25) is 4.98 Å². The lowest BCUT2D eigenvalue weighted by atomic mass is 10.2. The molecule has 0 aliphatic rings. The molecule has 0 unspecified atom stereocenters. The summed E-state index contributed by atoms with van der Waals surface area (Å²) in [5, 5.41) is 11.5. The average molecular weight is 172 g/mol. The van der Waals surface area contributed by atoms with Gasteiger partial charge in [-0.1, -0.05) is 24.3 Å². The normalized spacial score (nSPS) is 10.5. The monoisotopic (exact) mass is 172 g/mol. The first kappa shape index (κ1) is 8.20. The molecule has 1 aromatic heterocycles. The molecule has 13 heavy (non-hydrogen) atoms. The lowest BCUT2D eigenvalue weighted by Crippen LogP contribution is -1.93. The summed E-state index contributed by atoms with van der Waals surface area (Å²) in [6, 6.07) is 11.8. The first-order valence-corrected chi connectivity index (χ1v) is 4.33. The van der Waals surface area contributed by atoms with Crippen molar-refractivity contribution in [3.63, 3.8) is 0 Å². The maximum Gasteiger partial charge on any atom is 0.0877 e. The Kier molecular flexibility index (Phi) is 2.23. The molecule has 0 aliphatic heterocycles. The van der Waals surface area contributed by atoms with Gasteiger partial charge in [0, 0.05) is 17.5 Å². The molecule has 0 aliphatic carbocycles. The fraction of sp³-hybridized carbons (Fsp3) is 0.182. The zero-order valence-electron chi connectivity index (χ0n) is 7.23. The van der Waals surface area contributed by atoms with Crippen molar-refractivity contribution in [3.05, 3.63) is 42.1 Å². The number of hydrogen-bond acceptors (Lipinski definition) is 1. The van der Waals surface area contributed by atoms with Crippen LogP contribution >= 0.6 is 0 Å². The zero-order chi connectivity index (χ0) is 9.10. The number of hydrogen-bond donors (Lipinski definition) is 0. The molecule has 0 saturated heterocycles. The van der Waals surface area contributed by atoms with Crippen LogP contribution in [0, 0.1) is 0 Å². The third-order valence-corrected chi connectivity index (χ3v) is 2.01. The first-order chi connectivity index (χ1) is 6.40. The molecule has 0 amide bonds. The van der Waals surface area contributed by atoms with Gasteiger partial charge >= 0.3 is 0 Å². The van der Waals surface area contributed by atoms with E-state index < -0.39 is 0 Å². The summed E-state index contributed by atoms with van der Waals surface area (Å²) in [5.74, 6) is 0. The van der Waals surface area contributed by atoms with Crippen LogP contribution in [-0.2, 0) is 11.5 Å². The van der Waals surface area contributed by atoms with Crippen LogP contribution < -0.4 is 0 Å². The molecule has 2 nitrogen and oxygen atoms in total. The molecule has 1 aromatic carbocycles. The predicted molar refractivity (Wildman–Crippen MR) is 51.0 cm³/mol. The van der Waals surface area contributed by atoms with E-state index in [1.165, 1.54) is 0 Å². The molecule has 0 fully saturated rings. The fourth-order valence-corrected chi connectivity index (χ4v) is 1.35. The number of nitrogens with zero attached hydrogens (tertiary/aromatic N) is 1. The van der Waals surface area contributed by atoms with Crippen LogP contribution in [0.25, 0.3) is 10.9 Å². The maximum atomic E-state index is 10.4. The van der Waals surface area contributed by atoms with Crippen molar-refractivity contribution in [1.82, 2.24) is 4.98 Å². The first-order valence-electron chi connectivity index (χ1n) is 4.33. The number of aromatic nitrogens is 1. The van der Waals surface area contributed by atoms with Crippen LogP contribution in [0.4, 0.5) is 0 Å². The summed E-state index contributed by atoms with van der Waals surface area (Å²) in [4.78, 5) is 4.36. The Bertz CT molecular complexity index is 412. The number of pyridine rings is 1. The zero-order valence-corrected chi connectivity index (χ0v) is 7.23. The van der Waals surface area contributed by atoms with Gasteiger partial charge in [0.15, 0.2) is 0 Å². The Labute approximate surface area is 76.9 Å². The summed E-state index contributed by atoms with van der Waals surface area (Å²) in [6.07, 6.45) is 0.519. The van der Waals surface area contributed by atoms with E-state index in [1.54, 1.807) is 0 Å². The number of benzene rings is 1. The summed E-state index contributed by atoms with van der Waals surface area (Å²) >= 11 is 0. The third-order valence-electron chi connectivity index (χ3n) is 2.01. The minimum atomic E-state index is -0.0919. The Morgan fingerprint density at radius 1 is 1.08 bits per heavy atom. The second kappa shape index (κ2) is 3.54. The van der Waals surface area contributed by atoms with E-state index in [0.29, 0.717) is 6.42 Å². The molecule has 2 aromatic rings. The quantitative estimate of drug-likeness (QED) is 0.683. The highest BCUT2D eigenvalue weighted by atomic mass is 16.3. The molecule has 0 spiro atoms. The van der Waals surface area contributed by atoms with Gasteiger partial charge in [0.2, 0.25) is 0 Å². The lowest BCUT2D eigenvalue weighted by Gasteiger charge is -1.99. The molecular weight excluding hydrogens is 162 g/mol. The van der Waals surface area contributed by atoms with Crippen molar-refractivity contribution in [2.75, 3.05) is 6.61 Å². The Morgan fingerprint density at radius 3 is 2.77 bits per heavy atom. The van der Waals surface area contributed by atoms with E-state index in [4.69, 9.17) is 0 Å². The molecule has 1 heterocycles. The van der Waals surface area contributed by atoms with Crippen LogP contribution in [0.3, 0.4) is 0 Å². The molecule has 0 N–H and O–H groups in total. The fourth-order valence-electron chi connectivity index (χ4n) is 1.35. The predicted octanol–water partition coefficient (Wildman–Crippen LogP) is 2.21.